The lowest BCUT2D eigenvalue weighted by atomic mass is 10.1. The normalized spacial score (nSPS) is 16.7. The number of methoxy groups -OCH3 is 2. The molecule has 0 aromatic heterocycles. The average Bonchev–Trinajstić information content (AvgIpc) is 3.00. The fraction of sp³-hybridized carbons (Fsp3) is 0.471. The lowest BCUT2D eigenvalue weighted by Gasteiger charge is -2.21. The van der Waals surface area contributed by atoms with E-state index in [1.807, 2.05) is 0 Å². The molecule has 1 aromatic carbocycles. The predicted molar refractivity (Wildman–Crippen MR) is 89.9 cm³/mol. The number of nitrogens with zero attached hydrogens (tertiary/aromatic N) is 2. The van der Waals surface area contributed by atoms with Gasteiger partial charge in [-0.2, -0.15) is 0 Å². The van der Waals surface area contributed by atoms with Crippen LogP contribution in [0.25, 0.3) is 0 Å². The Balaban J connectivity index is 2.12. The number of amides is 2. The largest absolute Gasteiger partial charge is 0.497 e. The fourth-order valence-corrected chi connectivity index (χ4v) is 2.76. The number of anilines is 1. The quantitative estimate of drug-likeness (QED) is 0.788. The van der Waals surface area contributed by atoms with Crippen LogP contribution in [-0.2, 0) is 14.4 Å². The Hall–Kier alpha value is -2.77. The molecular weight excluding hydrogens is 328 g/mol. The van der Waals surface area contributed by atoms with E-state index in [-0.39, 0.29) is 37.7 Å². The molecule has 1 aromatic rings. The van der Waals surface area contributed by atoms with Gasteiger partial charge in [-0.15, -0.1) is 0 Å². The maximum absolute atomic E-state index is 12.4. The van der Waals surface area contributed by atoms with Crippen molar-refractivity contribution in [3.05, 3.63) is 18.2 Å². The SMILES string of the molecule is COc1cc(OC)cc(N2C[C@H](C(=O)N(C)CCC(=O)O)CC2=O)c1. The topological polar surface area (TPSA) is 96.4 Å². The molecule has 0 unspecified atom stereocenters. The number of carbonyl (C=O) groups excluding carboxylic acids is 2. The molecule has 1 heterocycles. The predicted octanol–water partition coefficient (Wildman–Crippen LogP) is 0.990. The number of carbonyl (C=O) groups is 3. The van der Waals surface area contributed by atoms with Crippen molar-refractivity contribution in [2.75, 3.05) is 39.3 Å². The number of hydrogen-bond acceptors (Lipinski definition) is 5. The minimum Gasteiger partial charge on any atom is -0.497 e. The summed E-state index contributed by atoms with van der Waals surface area (Å²) >= 11 is 0. The molecule has 0 spiro atoms. The number of rotatable bonds is 7. The first-order valence-corrected chi connectivity index (χ1v) is 7.86. The van der Waals surface area contributed by atoms with Crippen molar-refractivity contribution in [1.82, 2.24) is 4.90 Å². The zero-order chi connectivity index (χ0) is 18.6. The summed E-state index contributed by atoms with van der Waals surface area (Å²) in [6.45, 7) is 0.358. The molecule has 2 rings (SSSR count). The fourth-order valence-electron chi connectivity index (χ4n) is 2.76. The lowest BCUT2D eigenvalue weighted by molar-refractivity contribution is -0.139. The van der Waals surface area contributed by atoms with Crippen LogP contribution >= 0.6 is 0 Å². The maximum Gasteiger partial charge on any atom is 0.305 e. The molecular formula is C17H22N2O6. The summed E-state index contributed by atoms with van der Waals surface area (Å²) in [5.74, 6) is -0.756. The van der Waals surface area contributed by atoms with E-state index in [9.17, 15) is 14.4 Å². The van der Waals surface area contributed by atoms with Crippen LogP contribution in [-0.4, -0.2) is 62.1 Å². The third kappa shape index (κ3) is 4.40. The molecule has 1 aliphatic heterocycles. The number of carboxylic acids is 1. The van der Waals surface area contributed by atoms with Gasteiger partial charge in [-0.25, -0.2) is 0 Å². The molecule has 1 aliphatic rings. The van der Waals surface area contributed by atoms with Crippen LogP contribution in [0.5, 0.6) is 11.5 Å². The maximum atomic E-state index is 12.4. The first kappa shape index (κ1) is 18.6. The molecule has 0 aliphatic carbocycles. The van der Waals surface area contributed by atoms with Crippen LogP contribution in [0.3, 0.4) is 0 Å². The second kappa shape index (κ2) is 7.87. The highest BCUT2D eigenvalue weighted by Crippen LogP contribution is 2.32. The van der Waals surface area contributed by atoms with Crippen LogP contribution in [0.2, 0.25) is 0 Å². The van der Waals surface area contributed by atoms with Crippen molar-refractivity contribution in [3.63, 3.8) is 0 Å². The third-order valence-corrected chi connectivity index (χ3v) is 4.16. The van der Waals surface area contributed by atoms with E-state index >= 15 is 0 Å². The Kier molecular flexibility index (Phi) is 5.84. The first-order chi connectivity index (χ1) is 11.8. The average molecular weight is 350 g/mol. The monoisotopic (exact) mass is 350 g/mol. The van der Waals surface area contributed by atoms with Gasteiger partial charge in [0.1, 0.15) is 11.5 Å². The van der Waals surface area contributed by atoms with E-state index in [1.54, 1.807) is 25.2 Å². The van der Waals surface area contributed by atoms with E-state index in [4.69, 9.17) is 14.6 Å². The van der Waals surface area contributed by atoms with E-state index in [1.165, 1.54) is 24.0 Å². The van der Waals surface area contributed by atoms with Gasteiger partial charge in [-0.05, 0) is 0 Å². The molecule has 8 heteroatoms. The van der Waals surface area contributed by atoms with E-state index < -0.39 is 11.9 Å². The zero-order valence-electron chi connectivity index (χ0n) is 14.5. The van der Waals surface area contributed by atoms with Gasteiger partial charge in [0.15, 0.2) is 0 Å². The number of carboxylic acid groups (broad SMARTS) is 1. The molecule has 8 nitrogen and oxygen atoms in total. The van der Waals surface area contributed by atoms with Gasteiger partial charge in [0.2, 0.25) is 11.8 Å². The van der Waals surface area contributed by atoms with Gasteiger partial charge in [0.05, 0.1) is 32.2 Å². The highest BCUT2D eigenvalue weighted by Gasteiger charge is 2.36. The van der Waals surface area contributed by atoms with Crippen LogP contribution in [0.1, 0.15) is 12.8 Å². The number of aliphatic carboxylic acids is 1. The Morgan fingerprint density at radius 1 is 1.24 bits per heavy atom. The molecule has 0 saturated carbocycles. The van der Waals surface area contributed by atoms with Crippen molar-refractivity contribution in [1.29, 1.82) is 0 Å². The summed E-state index contributed by atoms with van der Waals surface area (Å²) < 4.78 is 10.4. The standard InChI is InChI=1S/C17H22N2O6/c1-18(5-4-16(21)22)17(23)11-6-15(20)19(10-11)12-7-13(24-2)9-14(8-12)25-3/h7-9,11H,4-6,10H2,1-3H3,(H,21,22)/t11-/m1/s1. The van der Waals surface area contributed by atoms with Crippen molar-refractivity contribution < 1.29 is 29.0 Å². The molecule has 0 bridgehead atoms. The number of ether oxygens (including phenoxy) is 2. The van der Waals surface area contributed by atoms with E-state index in [0.29, 0.717) is 17.2 Å². The molecule has 136 valence electrons. The van der Waals surface area contributed by atoms with Crippen LogP contribution in [0.4, 0.5) is 5.69 Å². The van der Waals surface area contributed by atoms with Crippen molar-refractivity contribution in [2.45, 2.75) is 12.8 Å². The molecule has 0 radical (unpaired) electrons. The molecule has 1 atom stereocenters. The summed E-state index contributed by atoms with van der Waals surface area (Å²) in [6, 6.07) is 5.12. The zero-order valence-corrected chi connectivity index (χ0v) is 14.5. The summed E-state index contributed by atoms with van der Waals surface area (Å²) in [5.41, 5.74) is 0.602. The minimum atomic E-state index is -0.966. The van der Waals surface area contributed by atoms with Gasteiger partial charge in [0, 0.05) is 44.8 Å². The highest BCUT2D eigenvalue weighted by molar-refractivity contribution is 6.00. The number of hydrogen-bond donors (Lipinski definition) is 1. The Bertz CT molecular complexity index is 653. The first-order valence-electron chi connectivity index (χ1n) is 7.86. The van der Waals surface area contributed by atoms with Crippen molar-refractivity contribution >= 4 is 23.5 Å². The minimum absolute atomic E-state index is 0.0930. The molecule has 1 fully saturated rings. The van der Waals surface area contributed by atoms with E-state index in [0.717, 1.165) is 0 Å². The Labute approximate surface area is 145 Å². The van der Waals surface area contributed by atoms with Crippen molar-refractivity contribution in [2.24, 2.45) is 5.92 Å². The summed E-state index contributed by atoms with van der Waals surface area (Å²) in [6.07, 6.45) is -0.0323. The molecule has 1 saturated heterocycles. The lowest BCUT2D eigenvalue weighted by Crippen LogP contribution is -2.36. The van der Waals surface area contributed by atoms with Gasteiger partial charge in [-0.1, -0.05) is 0 Å². The van der Waals surface area contributed by atoms with Crippen LogP contribution in [0.15, 0.2) is 18.2 Å². The Morgan fingerprint density at radius 3 is 2.36 bits per heavy atom. The van der Waals surface area contributed by atoms with Crippen molar-refractivity contribution in [3.8, 4) is 11.5 Å². The second-order valence-corrected chi connectivity index (χ2v) is 5.88. The molecule has 25 heavy (non-hydrogen) atoms. The number of benzene rings is 1. The van der Waals surface area contributed by atoms with Gasteiger partial charge >= 0.3 is 5.97 Å². The second-order valence-electron chi connectivity index (χ2n) is 5.88. The van der Waals surface area contributed by atoms with Crippen LogP contribution < -0.4 is 14.4 Å². The summed E-state index contributed by atoms with van der Waals surface area (Å²) in [5, 5.41) is 8.72. The third-order valence-electron chi connectivity index (χ3n) is 4.16. The van der Waals surface area contributed by atoms with Gasteiger partial charge in [-0.3, -0.25) is 14.4 Å². The smallest absolute Gasteiger partial charge is 0.305 e. The Morgan fingerprint density at radius 2 is 1.84 bits per heavy atom. The summed E-state index contributed by atoms with van der Waals surface area (Å²) in [4.78, 5) is 38.3. The van der Waals surface area contributed by atoms with Gasteiger partial charge < -0.3 is 24.4 Å². The van der Waals surface area contributed by atoms with E-state index in [2.05, 4.69) is 0 Å². The summed E-state index contributed by atoms with van der Waals surface area (Å²) in [7, 11) is 4.59. The van der Waals surface area contributed by atoms with Gasteiger partial charge in [0.25, 0.3) is 0 Å². The molecule has 1 N–H and O–H groups in total. The molecule has 2 amide bonds. The van der Waals surface area contributed by atoms with Crippen LogP contribution in [0, 0.1) is 5.92 Å². The highest BCUT2D eigenvalue weighted by atomic mass is 16.5.